The lowest BCUT2D eigenvalue weighted by Crippen LogP contribution is -2.27. The van der Waals surface area contributed by atoms with E-state index in [-0.39, 0.29) is 10.3 Å². The molecule has 0 bridgehead atoms. The van der Waals surface area contributed by atoms with Crippen LogP contribution in [0.1, 0.15) is 31.4 Å². The van der Waals surface area contributed by atoms with Gasteiger partial charge in [-0.1, -0.05) is 19.9 Å². The van der Waals surface area contributed by atoms with E-state index in [1.54, 1.807) is 6.07 Å². The summed E-state index contributed by atoms with van der Waals surface area (Å²) in [5, 5.41) is 9.08. The number of hydrogen-bond acceptors (Lipinski definition) is 3. The molecule has 0 aliphatic carbocycles. The summed E-state index contributed by atoms with van der Waals surface area (Å²) in [4.78, 5) is 2.00. The smallest absolute Gasteiger partial charge is 0.392 e. The molecule has 0 spiro atoms. The topological polar surface area (TPSA) is 23.5 Å². The quantitative estimate of drug-likeness (QED) is 0.894. The molecule has 1 N–H and O–H groups in total. The molecule has 1 aromatic carbocycles. The summed E-state index contributed by atoms with van der Waals surface area (Å²) >= 11 is 1.85. The largest absolute Gasteiger partial charge is 0.416 e. The SMILES string of the molecule is CC1(C)CCN(c2ccc(CO)c(C(F)(F)F)c2)CCS1. The van der Waals surface area contributed by atoms with Crippen molar-refractivity contribution in [3.8, 4) is 0 Å². The van der Waals surface area contributed by atoms with E-state index in [1.165, 1.54) is 6.07 Å². The fraction of sp³-hybridized carbons (Fsp3) is 0.600. The molecule has 6 heteroatoms. The van der Waals surface area contributed by atoms with Crippen molar-refractivity contribution in [2.24, 2.45) is 0 Å². The van der Waals surface area contributed by atoms with E-state index in [0.29, 0.717) is 5.69 Å². The second-order valence-corrected chi connectivity index (χ2v) is 7.64. The Morgan fingerprint density at radius 1 is 1.29 bits per heavy atom. The lowest BCUT2D eigenvalue weighted by atomic mass is 10.1. The standard InChI is InChI=1S/C15H20F3NOS/c1-14(2)5-6-19(7-8-21-14)12-4-3-11(10-20)13(9-12)15(16,17)18/h3-4,9,20H,5-8,10H2,1-2H3. The number of alkyl halides is 3. The van der Waals surface area contributed by atoms with Gasteiger partial charge in [-0.2, -0.15) is 24.9 Å². The predicted molar refractivity (Wildman–Crippen MR) is 80.7 cm³/mol. The molecule has 1 aliphatic rings. The second-order valence-electron chi connectivity index (χ2n) is 5.84. The number of rotatable bonds is 2. The van der Waals surface area contributed by atoms with Crippen LogP contribution in [0.4, 0.5) is 18.9 Å². The third-order valence-electron chi connectivity index (χ3n) is 3.77. The molecule has 0 saturated carbocycles. The summed E-state index contributed by atoms with van der Waals surface area (Å²) in [6.45, 7) is 5.21. The van der Waals surface area contributed by atoms with Crippen molar-refractivity contribution in [1.82, 2.24) is 0 Å². The molecular formula is C15H20F3NOS. The fourth-order valence-corrected chi connectivity index (χ4v) is 3.54. The van der Waals surface area contributed by atoms with Crippen LogP contribution in [-0.4, -0.2) is 28.7 Å². The Hall–Kier alpha value is -0.880. The van der Waals surface area contributed by atoms with Crippen LogP contribution >= 0.6 is 11.8 Å². The fourth-order valence-electron chi connectivity index (χ4n) is 2.44. The monoisotopic (exact) mass is 319 g/mol. The van der Waals surface area contributed by atoms with Crippen LogP contribution in [-0.2, 0) is 12.8 Å². The van der Waals surface area contributed by atoms with E-state index in [9.17, 15) is 13.2 Å². The molecule has 1 saturated heterocycles. The van der Waals surface area contributed by atoms with Crippen molar-refractivity contribution in [2.75, 3.05) is 23.7 Å². The Morgan fingerprint density at radius 2 is 2.00 bits per heavy atom. The number of thioether (sulfide) groups is 1. The molecule has 1 fully saturated rings. The first-order valence-corrected chi connectivity index (χ1v) is 7.91. The highest BCUT2D eigenvalue weighted by atomic mass is 32.2. The van der Waals surface area contributed by atoms with Crippen molar-refractivity contribution in [3.05, 3.63) is 29.3 Å². The lowest BCUT2D eigenvalue weighted by Gasteiger charge is -2.25. The van der Waals surface area contributed by atoms with Crippen molar-refractivity contribution >= 4 is 17.4 Å². The van der Waals surface area contributed by atoms with Crippen LogP contribution in [0.3, 0.4) is 0 Å². The van der Waals surface area contributed by atoms with Gasteiger partial charge in [-0.3, -0.25) is 0 Å². The maximum Gasteiger partial charge on any atom is 0.416 e. The van der Waals surface area contributed by atoms with Crippen molar-refractivity contribution < 1.29 is 18.3 Å². The van der Waals surface area contributed by atoms with Crippen LogP contribution in [0.25, 0.3) is 0 Å². The minimum absolute atomic E-state index is 0.0734. The molecule has 0 amide bonds. The van der Waals surface area contributed by atoms with Crippen LogP contribution < -0.4 is 4.90 Å². The number of nitrogens with zero attached hydrogens (tertiary/aromatic N) is 1. The Balaban J connectivity index is 2.28. The summed E-state index contributed by atoms with van der Waals surface area (Å²) in [5.41, 5.74) is -0.229. The Morgan fingerprint density at radius 3 is 2.62 bits per heavy atom. The number of hydrogen-bond donors (Lipinski definition) is 1. The number of aliphatic hydroxyl groups is 1. The van der Waals surface area contributed by atoms with Gasteiger partial charge in [-0.25, -0.2) is 0 Å². The third kappa shape index (κ3) is 4.07. The molecule has 21 heavy (non-hydrogen) atoms. The zero-order valence-electron chi connectivity index (χ0n) is 12.2. The first-order valence-electron chi connectivity index (χ1n) is 6.93. The van der Waals surface area contributed by atoms with Gasteiger partial charge in [0.05, 0.1) is 12.2 Å². The van der Waals surface area contributed by atoms with Gasteiger partial charge in [0, 0.05) is 29.3 Å². The Labute approximate surface area is 127 Å². The molecule has 118 valence electrons. The minimum atomic E-state index is -4.44. The molecule has 0 atom stereocenters. The van der Waals surface area contributed by atoms with Gasteiger partial charge in [-0.15, -0.1) is 0 Å². The zero-order valence-corrected chi connectivity index (χ0v) is 13.0. The van der Waals surface area contributed by atoms with Crippen molar-refractivity contribution in [1.29, 1.82) is 0 Å². The molecule has 1 aliphatic heterocycles. The number of aliphatic hydroxyl groups excluding tert-OH is 1. The highest BCUT2D eigenvalue weighted by Crippen LogP contribution is 2.36. The number of halogens is 3. The van der Waals surface area contributed by atoms with Crippen molar-refractivity contribution in [2.45, 2.75) is 37.8 Å². The summed E-state index contributed by atoms with van der Waals surface area (Å²) < 4.78 is 39.3. The van der Waals surface area contributed by atoms with Gasteiger partial charge in [0.1, 0.15) is 0 Å². The van der Waals surface area contributed by atoms with Gasteiger partial charge >= 0.3 is 6.18 Å². The maximum absolute atomic E-state index is 13.1. The first-order chi connectivity index (χ1) is 9.73. The van der Waals surface area contributed by atoms with Gasteiger partial charge in [-0.05, 0) is 24.1 Å². The highest BCUT2D eigenvalue weighted by molar-refractivity contribution is 8.00. The predicted octanol–water partition coefficient (Wildman–Crippen LogP) is 3.92. The normalized spacial score (nSPS) is 19.4. The zero-order chi connectivity index (χ0) is 15.7. The lowest BCUT2D eigenvalue weighted by molar-refractivity contribution is -0.138. The molecule has 2 rings (SSSR count). The first kappa shape index (κ1) is 16.5. The molecule has 2 nitrogen and oxygen atoms in total. The molecule has 0 unspecified atom stereocenters. The van der Waals surface area contributed by atoms with E-state index in [0.717, 1.165) is 31.3 Å². The van der Waals surface area contributed by atoms with Gasteiger partial charge in [0.2, 0.25) is 0 Å². The molecule has 0 radical (unpaired) electrons. The average Bonchev–Trinajstić information content (AvgIpc) is 2.58. The van der Waals surface area contributed by atoms with E-state index in [2.05, 4.69) is 13.8 Å². The van der Waals surface area contributed by atoms with Crippen molar-refractivity contribution in [3.63, 3.8) is 0 Å². The number of anilines is 1. The minimum Gasteiger partial charge on any atom is -0.392 e. The average molecular weight is 319 g/mol. The van der Waals surface area contributed by atoms with Gasteiger partial charge in [0.25, 0.3) is 0 Å². The molecule has 1 heterocycles. The molecule has 1 aromatic rings. The molecular weight excluding hydrogens is 299 g/mol. The van der Waals surface area contributed by atoms with E-state index < -0.39 is 18.3 Å². The Kier molecular flexibility index (Phi) is 4.78. The van der Waals surface area contributed by atoms with Crippen LogP contribution in [0.5, 0.6) is 0 Å². The summed E-state index contributed by atoms with van der Waals surface area (Å²) in [6, 6.07) is 4.21. The van der Waals surface area contributed by atoms with Gasteiger partial charge < -0.3 is 10.0 Å². The summed E-state index contributed by atoms with van der Waals surface area (Å²) in [7, 11) is 0. The second kappa shape index (κ2) is 6.08. The third-order valence-corrected chi connectivity index (χ3v) is 5.14. The molecule has 0 aromatic heterocycles. The van der Waals surface area contributed by atoms with E-state index in [1.807, 2.05) is 16.7 Å². The van der Waals surface area contributed by atoms with Crippen LogP contribution in [0, 0.1) is 0 Å². The van der Waals surface area contributed by atoms with E-state index in [4.69, 9.17) is 5.11 Å². The Bertz CT molecular complexity index is 502. The summed E-state index contributed by atoms with van der Waals surface area (Å²) in [6.07, 6.45) is -3.51. The highest BCUT2D eigenvalue weighted by Gasteiger charge is 2.34. The van der Waals surface area contributed by atoms with Crippen LogP contribution in [0.2, 0.25) is 0 Å². The number of benzene rings is 1. The summed E-state index contributed by atoms with van der Waals surface area (Å²) in [5.74, 6) is 0.899. The maximum atomic E-state index is 13.1. The van der Waals surface area contributed by atoms with E-state index >= 15 is 0 Å². The van der Waals surface area contributed by atoms with Crippen LogP contribution in [0.15, 0.2) is 18.2 Å². The van der Waals surface area contributed by atoms with Gasteiger partial charge in [0.15, 0.2) is 0 Å².